The highest BCUT2D eigenvalue weighted by Gasteiger charge is 2.14. The number of aromatic nitrogens is 4. The van der Waals surface area contributed by atoms with Crippen molar-refractivity contribution in [3.8, 4) is 17.1 Å². The van der Waals surface area contributed by atoms with Gasteiger partial charge < -0.3 is 9.73 Å². The minimum atomic E-state index is -0.339. The molecule has 0 aliphatic heterocycles. The molecule has 1 amide bonds. The van der Waals surface area contributed by atoms with Gasteiger partial charge in [0.25, 0.3) is 5.91 Å². The van der Waals surface area contributed by atoms with Crippen molar-refractivity contribution in [2.75, 3.05) is 0 Å². The van der Waals surface area contributed by atoms with E-state index in [9.17, 15) is 4.79 Å². The summed E-state index contributed by atoms with van der Waals surface area (Å²) in [6, 6.07) is 16.3. The first-order valence-electron chi connectivity index (χ1n) is 8.16. The average molecular weight is 380 g/mol. The number of carbonyl (C=O) groups is 1. The summed E-state index contributed by atoms with van der Waals surface area (Å²) in [6.45, 7) is 0.0982. The zero-order valence-electron chi connectivity index (χ0n) is 14.0. The van der Waals surface area contributed by atoms with Crippen molar-refractivity contribution in [2.24, 2.45) is 0 Å². The van der Waals surface area contributed by atoms with E-state index in [1.165, 1.54) is 0 Å². The van der Waals surface area contributed by atoms with Gasteiger partial charge in [-0.25, -0.2) is 4.68 Å². The maximum Gasteiger partial charge on any atom is 0.253 e. The van der Waals surface area contributed by atoms with Crippen molar-refractivity contribution in [1.82, 2.24) is 25.3 Å². The Bertz CT molecular complexity index is 1060. The van der Waals surface area contributed by atoms with Crippen LogP contribution in [0.2, 0.25) is 5.02 Å². The van der Waals surface area contributed by atoms with E-state index in [0.717, 1.165) is 11.3 Å². The Balaban J connectivity index is 1.47. The molecule has 0 unspecified atom stereocenters. The topological polar surface area (TPSA) is 85.8 Å². The zero-order valence-corrected chi connectivity index (χ0v) is 14.8. The molecule has 7 nitrogen and oxygen atoms in total. The van der Waals surface area contributed by atoms with E-state index in [1.807, 2.05) is 30.3 Å². The van der Waals surface area contributed by atoms with Crippen LogP contribution in [-0.2, 0) is 6.54 Å². The fraction of sp³-hybridized carbons (Fsp3) is 0.0526. The summed E-state index contributed by atoms with van der Waals surface area (Å²) >= 11 is 6.18. The van der Waals surface area contributed by atoms with Crippen LogP contribution in [-0.4, -0.2) is 25.9 Å². The van der Waals surface area contributed by atoms with E-state index in [4.69, 9.17) is 16.0 Å². The number of amides is 1. The summed E-state index contributed by atoms with van der Waals surface area (Å²) in [6.07, 6.45) is 3.45. The molecule has 0 aliphatic carbocycles. The monoisotopic (exact) mass is 379 g/mol. The van der Waals surface area contributed by atoms with Crippen molar-refractivity contribution in [2.45, 2.75) is 6.54 Å². The van der Waals surface area contributed by atoms with Crippen molar-refractivity contribution in [3.63, 3.8) is 0 Å². The summed E-state index contributed by atoms with van der Waals surface area (Å²) in [5.74, 6) is 0.369. The zero-order chi connectivity index (χ0) is 18.6. The number of hydrogen-bond acceptors (Lipinski definition) is 5. The second-order valence-corrected chi connectivity index (χ2v) is 6.07. The van der Waals surface area contributed by atoms with Gasteiger partial charge in [0.1, 0.15) is 0 Å². The Morgan fingerprint density at radius 2 is 1.96 bits per heavy atom. The molecule has 0 aliphatic rings. The molecular weight excluding hydrogens is 366 g/mol. The van der Waals surface area contributed by atoms with Crippen LogP contribution in [0.3, 0.4) is 0 Å². The second-order valence-electron chi connectivity index (χ2n) is 5.66. The summed E-state index contributed by atoms with van der Waals surface area (Å²) in [5, 5.41) is 15.2. The maximum atomic E-state index is 12.5. The van der Waals surface area contributed by atoms with E-state index in [2.05, 4.69) is 20.6 Å². The van der Waals surface area contributed by atoms with E-state index >= 15 is 0 Å². The molecule has 0 saturated carbocycles. The van der Waals surface area contributed by atoms with Gasteiger partial charge in [-0.05, 0) is 36.4 Å². The number of carbonyl (C=O) groups excluding carboxylic acids is 1. The first kappa shape index (κ1) is 17.0. The van der Waals surface area contributed by atoms with E-state index < -0.39 is 0 Å². The standard InChI is InChI=1S/C19H14ClN5O2/c20-16-8-7-14(25-10-4-9-22-25)11-15(16)18(26)21-12-17-23-24-19(27-17)13-5-2-1-3-6-13/h1-11H,12H2,(H,21,26). The Kier molecular flexibility index (Phi) is 4.67. The van der Waals surface area contributed by atoms with Crippen LogP contribution in [0.4, 0.5) is 0 Å². The lowest BCUT2D eigenvalue weighted by atomic mass is 10.2. The van der Waals surface area contributed by atoms with Gasteiger partial charge in [0.2, 0.25) is 11.8 Å². The number of benzene rings is 2. The fourth-order valence-corrected chi connectivity index (χ4v) is 2.73. The molecule has 1 N–H and O–H groups in total. The predicted molar refractivity (Wildman–Crippen MR) is 99.5 cm³/mol. The normalized spacial score (nSPS) is 10.7. The number of halogens is 1. The third kappa shape index (κ3) is 3.73. The van der Waals surface area contributed by atoms with E-state index in [-0.39, 0.29) is 12.5 Å². The minimum Gasteiger partial charge on any atom is -0.419 e. The van der Waals surface area contributed by atoms with Crippen LogP contribution < -0.4 is 5.32 Å². The molecule has 8 heteroatoms. The largest absolute Gasteiger partial charge is 0.419 e. The van der Waals surface area contributed by atoms with Gasteiger partial charge >= 0.3 is 0 Å². The Morgan fingerprint density at radius 1 is 1.11 bits per heavy atom. The highest BCUT2D eigenvalue weighted by molar-refractivity contribution is 6.33. The van der Waals surface area contributed by atoms with Gasteiger partial charge in [-0.15, -0.1) is 10.2 Å². The van der Waals surface area contributed by atoms with Crippen LogP contribution in [0.15, 0.2) is 71.4 Å². The average Bonchev–Trinajstić information content (AvgIpc) is 3.39. The van der Waals surface area contributed by atoms with Gasteiger partial charge in [-0.2, -0.15) is 5.10 Å². The lowest BCUT2D eigenvalue weighted by Gasteiger charge is -2.08. The Hall–Kier alpha value is -3.45. The quantitative estimate of drug-likeness (QED) is 0.573. The molecule has 0 saturated heterocycles. The third-order valence-corrected chi connectivity index (χ3v) is 4.18. The SMILES string of the molecule is O=C(NCc1nnc(-c2ccccc2)o1)c1cc(-n2cccn2)ccc1Cl. The third-order valence-electron chi connectivity index (χ3n) is 3.85. The highest BCUT2D eigenvalue weighted by Crippen LogP contribution is 2.20. The summed E-state index contributed by atoms with van der Waals surface area (Å²) in [4.78, 5) is 12.5. The first-order valence-corrected chi connectivity index (χ1v) is 8.54. The van der Waals surface area contributed by atoms with Crippen LogP contribution in [0.1, 0.15) is 16.2 Å². The number of rotatable bonds is 5. The van der Waals surface area contributed by atoms with Crippen molar-refractivity contribution < 1.29 is 9.21 Å². The number of hydrogen-bond donors (Lipinski definition) is 1. The molecule has 2 heterocycles. The van der Waals surface area contributed by atoms with E-state index in [1.54, 1.807) is 41.3 Å². The molecule has 0 radical (unpaired) electrons. The first-order chi connectivity index (χ1) is 13.2. The minimum absolute atomic E-state index is 0.0982. The maximum absolute atomic E-state index is 12.5. The van der Waals surface area contributed by atoms with E-state index in [0.29, 0.717) is 22.4 Å². The molecule has 4 aromatic rings. The van der Waals surface area contributed by atoms with Gasteiger partial charge in [-0.1, -0.05) is 29.8 Å². The Morgan fingerprint density at radius 3 is 2.74 bits per heavy atom. The van der Waals surface area contributed by atoms with Crippen molar-refractivity contribution in [1.29, 1.82) is 0 Å². The summed E-state index contributed by atoms with van der Waals surface area (Å²) in [5.41, 5.74) is 1.89. The molecular formula is C19H14ClN5O2. The fourth-order valence-electron chi connectivity index (χ4n) is 2.52. The van der Waals surface area contributed by atoms with Crippen LogP contribution >= 0.6 is 11.6 Å². The number of nitrogens with zero attached hydrogens (tertiary/aromatic N) is 4. The summed E-state index contributed by atoms with van der Waals surface area (Å²) in [7, 11) is 0. The number of nitrogens with one attached hydrogen (secondary N) is 1. The molecule has 0 atom stereocenters. The lowest BCUT2D eigenvalue weighted by Crippen LogP contribution is -2.23. The van der Waals surface area contributed by atoms with Gasteiger partial charge in [0.05, 0.1) is 22.8 Å². The molecule has 27 heavy (non-hydrogen) atoms. The molecule has 0 spiro atoms. The smallest absolute Gasteiger partial charge is 0.253 e. The Labute approximate surface area is 159 Å². The van der Waals surface area contributed by atoms with Crippen molar-refractivity contribution >= 4 is 17.5 Å². The molecule has 2 aromatic carbocycles. The van der Waals surface area contributed by atoms with Crippen LogP contribution in [0, 0.1) is 0 Å². The summed E-state index contributed by atoms with van der Waals surface area (Å²) < 4.78 is 7.23. The molecule has 0 bridgehead atoms. The molecule has 134 valence electrons. The molecule has 4 rings (SSSR count). The molecule has 0 fully saturated rings. The van der Waals surface area contributed by atoms with Crippen LogP contribution in [0.25, 0.3) is 17.1 Å². The second kappa shape index (κ2) is 7.43. The van der Waals surface area contributed by atoms with Gasteiger partial charge in [0, 0.05) is 18.0 Å². The van der Waals surface area contributed by atoms with Crippen LogP contribution in [0.5, 0.6) is 0 Å². The lowest BCUT2D eigenvalue weighted by molar-refractivity contribution is 0.0947. The molecule has 2 aromatic heterocycles. The highest BCUT2D eigenvalue weighted by atomic mass is 35.5. The van der Waals surface area contributed by atoms with Gasteiger partial charge in [-0.3, -0.25) is 4.79 Å². The van der Waals surface area contributed by atoms with Crippen molar-refractivity contribution in [3.05, 3.63) is 83.5 Å². The predicted octanol–water partition coefficient (Wildman–Crippen LogP) is 3.51. The van der Waals surface area contributed by atoms with Gasteiger partial charge in [0.15, 0.2) is 0 Å².